The van der Waals surface area contributed by atoms with E-state index in [0.717, 1.165) is 12.0 Å². The Morgan fingerprint density at radius 2 is 1.86 bits per heavy atom. The summed E-state index contributed by atoms with van der Waals surface area (Å²) in [5.41, 5.74) is 0.0731. The van der Waals surface area contributed by atoms with Crippen molar-refractivity contribution in [2.24, 2.45) is 11.8 Å². The van der Waals surface area contributed by atoms with E-state index in [1.807, 2.05) is 13.8 Å². The molecule has 1 unspecified atom stereocenters. The number of nitrogens with one attached hydrogen (secondary N) is 1. The average molecular weight is 309 g/mol. The van der Waals surface area contributed by atoms with Crippen LogP contribution in [0.15, 0.2) is 24.3 Å². The fraction of sp³-hybridized carbons (Fsp3) is 0.611. The quantitative estimate of drug-likeness (QED) is 0.774. The van der Waals surface area contributed by atoms with E-state index in [1.165, 1.54) is 12.1 Å². The highest BCUT2D eigenvalue weighted by atomic mass is 19.1. The van der Waals surface area contributed by atoms with Crippen LogP contribution >= 0.6 is 0 Å². The number of benzene rings is 1. The third kappa shape index (κ3) is 5.41. The van der Waals surface area contributed by atoms with Crippen LogP contribution in [0.25, 0.3) is 0 Å². The van der Waals surface area contributed by atoms with E-state index in [1.54, 1.807) is 12.1 Å². The summed E-state index contributed by atoms with van der Waals surface area (Å²) in [6.45, 7) is 8.62. The summed E-state index contributed by atoms with van der Waals surface area (Å²) in [5, 5.41) is 12.1. The molecule has 0 saturated heterocycles. The first-order valence-electron chi connectivity index (χ1n) is 7.92. The van der Waals surface area contributed by atoms with Gasteiger partial charge in [0, 0.05) is 13.2 Å². The van der Waals surface area contributed by atoms with Gasteiger partial charge in [-0.05, 0) is 56.2 Å². The molecule has 124 valence electrons. The molecule has 0 spiro atoms. The fourth-order valence-electron chi connectivity index (χ4n) is 2.61. The first-order valence-corrected chi connectivity index (χ1v) is 7.92. The summed E-state index contributed by atoms with van der Waals surface area (Å²) in [5.74, 6) is 0.419. The third-order valence-corrected chi connectivity index (χ3v) is 4.03. The van der Waals surface area contributed by atoms with Gasteiger partial charge in [-0.25, -0.2) is 4.39 Å². The molecule has 0 aromatic heterocycles. The lowest BCUT2D eigenvalue weighted by Crippen LogP contribution is -2.42. The van der Waals surface area contributed by atoms with Crippen molar-refractivity contribution in [2.45, 2.75) is 46.0 Å². The van der Waals surface area contributed by atoms with Gasteiger partial charge < -0.3 is 10.4 Å². The molecule has 1 amide bonds. The van der Waals surface area contributed by atoms with Gasteiger partial charge in [0.05, 0.1) is 5.41 Å². The van der Waals surface area contributed by atoms with E-state index in [2.05, 4.69) is 19.2 Å². The van der Waals surface area contributed by atoms with Gasteiger partial charge in [0.1, 0.15) is 5.82 Å². The van der Waals surface area contributed by atoms with E-state index in [-0.39, 0.29) is 24.2 Å². The average Bonchev–Trinajstić information content (AvgIpc) is 2.44. The van der Waals surface area contributed by atoms with E-state index < -0.39 is 5.41 Å². The molecule has 1 aromatic rings. The van der Waals surface area contributed by atoms with E-state index >= 15 is 0 Å². The number of rotatable bonds is 8. The first-order chi connectivity index (χ1) is 10.3. The van der Waals surface area contributed by atoms with Gasteiger partial charge in [-0.1, -0.05) is 26.0 Å². The van der Waals surface area contributed by atoms with Crippen LogP contribution in [0, 0.1) is 17.7 Å². The minimum Gasteiger partial charge on any atom is -0.396 e. The fourth-order valence-corrected chi connectivity index (χ4v) is 2.61. The maximum absolute atomic E-state index is 13.0. The summed E-state index contributed by atoms with van der Waals surface area (Å²) >= 11 is 0. The summed E-state index contributed by atoms with van der Waals surface area (Å²) in [6.07, 6.45) is 1.66. The molecule has 0 heterocycles. The van der Waals surface area contributed by atoms with Crippen molar-refractivity contribution in [2.75, 3.05) is 13.2 Å². The Hall–Kier alpha value is -1.42. The van der Waals surface area contributed by atoms with Crippen LogP contribution in [0.2, 0.25) is 0 Å². The molecule has 0 bridgehead atoms. The smallest absolute Gasteiger partial charge is 0.230 e. The second-order valence-corrected chi connectivity index (χ2v) is 6.85. The molecule has 0 aliphatic rings. The summed E-state index contributed by atoms with van der Waals surface area (Å²) in [7, 11) is 0. The van der Waals surface area contributed by atoms with Crippen LogP contribution in [-0.2, 0) is 10.2 Å². The minimum atomic E-state index is -0.713. The third-order valence-electron chi connectivity index (χ3n) is 4.03. The lowest BCUT2D eigenvalue weighted by atomic mass is 9.83. The van der Waals surface area contributed by atoms with Gasteiger partial charge in [-0.2, -0.15) is 0 Å². The predicted octanol–water partition coefficient (Wildman–Crippen LogP) is 3.26. The van der Waals surface area contributed by atoms with Crippen molar-refractivity contribution >= 4 is 5.91 Å². The number of halogens is 1. The van der Waals surface area contributed by atoms with Crippen LogP contribution in [0.3, 0.4) is 0 Å². The SMILES string of the molecule is CC(C)CC(CCO)CNC(=O)C(C)(C)c1ccc(F)cc1. The molecule has 0 fully saturated rings. The van der Waals surface area contributed by atoms with Crippen molar-refractivity contribution in [3.63, 3.8) is 0 Å². The monoisotopic (exact) mass is 309 g/mol. The summed E-state index contributed by atoms with van der Waals surface area (Å²) < 4.78 is 13.0. The molecule has 0 saturated carbocycles. The standard InChI is InChI=1S/C18H28FNO2/c1-13(2)11-14(9-10-21)12-20-17(22)18(3,4)15-5-7-16(19)8-6-15/h5-8,13-14,21H,9-12H2,1-4H3,(H,20,22). The molecular formula is C18H28FNO2. The Labute approximate surface area is 132 Å². The van der Waals surface area contributed by atoms with Crippen molar-refractivity contribution in [3.8, 4) is 0 Å². The highest BCUT2D eigenvalue weighted by Crippen LogP contribution is 2.24. The molecule has 2 N–H and O–H groups in total. The second kappa shape index (κ2) is 8.28. The zero-order chi connectivity index (χ0) is 16.8. The van der Waals surface area contributed by atoms with Crippen LogP contribution in [0.4, 0.5) is 4.39 Å². The Morgan fingerprint density at radius 1 is 1.27 bits per heavy atom. The van der Waals surface area contributed by atoms with Crippen molar-refractivity contribution in [1.82, 2.24) is 5.32 Å². The molecule has 0 radical (unpaired) electrons. The van der Waals surface area contributed by atoms with Crippen molar-refractivity contribution in [3.05, 3.63) is 35.6 Å². The minimum absolute atomic E-state index is 0.0780. The molecule has 1 atom stereocenters. The van der Waals surface area contributed by atoms with Gasteiger partial charge >= 0.3 is 0 Å². The molecule has 1 rings (SSSR count). The van der Waals surface area contributed by atoms with E-state index in [0.29, 0.717) is 18.9 Å². The van der Waals surface area contributed by atoms with Crippen LogP contribution < -0.4 is 5.32 Å². The van der Waals surface area contributed by atoms with E-state index in [9.17, 15) is 9.18 Å². The molecule has 1 aromatic carbocycles. The van der Waals surface area contributed by atoms with Crippen LogP contribution in [0.5, 0.6) is 0 Å². The highest BCUT2D eigenvalue weighted by molar-refractivity contribution is 5.87. The Morgan fingerprint density at radius 3 is 2.36 bits per heavy atom. The van der Waals surface area contributed by atoms with Crippen molar-refractivity contribution in [1.29, 1.82) is 0 Å². The Balaban J connectivity index is 2.67. The number of hydrogen-bond donors (Lipinski definition) is 2. The normalized spacial score (nSPS) is 13.2. The lowest BCUT2D eigenvalue weighted by Gasteiger charge is -2.26. The molecule has 3 nitrogen and oxygen atoms in total. The van der Waals surface area contributed by atoms with Crippen LogP contribution in [-0.4, -0.2) is 24.2 Å². The van der Waals surface area contributed by atoms with Gasteiger partial charge in [0.25, 0.3) is 0 Å². The molecule has 22 heavy (non-hydrogen) atoms. The molecule has 0 aliphatic carbocycles. The number of carbonyl (C=O) groups is 1. The van der Waals surface area contributed by atoms with Gasteiger partial charge in [-0.15, -0.1) is 0 Å². The van der Waals surface area contributed by atoms with Crippen molar-refractivity contribution < 1.29 is 14.3 Å². The number of aliphatic hydroxyl groups excluding tert-OH is 1. The Bertz CT molecular complexity index is 468. The zero-order valence-electron chi connectivity index (χ0n) is 14.0. The highest BCUT2D eigenvalue weighted by Gasteiger charge is 2.30. The zero-order valence-corrected chi connectivity index (χ0v) is 14.0. The predicted molar refractivity (Wildman–Crippen MR) is 87.1 cm³/mol. The van der Waals surface area contributed by atoms with Crippen LogP contribution in [0.1, 0.15) is 46.1 Å². The maximum Gasteiger partial charge on any atom is 0.230 e. The van der Waals surface area contributed by atoms with E-state index in [4.69, 9.17) is 5.11 Å². The summed E-state index contributed by atoms with van der Waals surface area (Å²) in [6, 6.07) is 6.04. The molecule has 4 heteroatoms. The number of carbonyl (C=O) groups excluding carboxylic acids is 1. The summed E-state index contributed by atoms with van der Waals surface area (Å²) in [4.78, 5) is 12.5. The number of hydrogen-bond acceptors (Lipinski definition) is 2. The largest absolute Gasteiger partial charge is 0.396 e. The second-order valence-electron chi connectivity index (χ2n) is 6.85. The Kier molecular flexibility index (Phi) is 7.01. The first kappa shape index (κ1) is 18.6. The molecule has 0 aliphatic heterocycles. The molecular weight excluding hydrogens is 281 g/mol. The maximum atomic E-state index is 13.0. The lowest BCUT2D eigenvalue weighted by molar-refractivity contribution is -0.125. The topological polar surface area (TPSA) is 49.3 Å². The number of amides is 1. The number of aliphatic hydroxyl groups is 1. The van der Waals surface area contributed by atoms with Gasteiger partial charge in [-0.3, -0.25) is 4.79 Å². The van der Waals surface area contributed by atoms with Gasteiger partial charge in [0.15, 0.2) is 0 Å². The van der Waals surface area contributed by atoms with Gasteiger partial charge in [0.2, 0.25) is 5.91 Å².